The summed E-state index contributed by atoms with van der Waals surface area (Å²) < 4.78 is 16.7. The van der Waals surface area contributed by atoms with Crippen LogP contribution in [0, 0.1) is 0 Å². The average Bonchev–Trinajstić information content (AvgIpc) is 3.26. The van der Waals surface area contributed by atoms with Crippen LogP contribution < -0.4 is 0 Å². The Bertz CT molecular complexity index is 1160. The van der Waals surface area contributed by atoms with Gasteiger partial charge in [0.25, 0.3) is 0 Å². The maximum absolute atomic E-state index is 12.8. The van der Waals surface area contributed by atoms with Crippen LogP contribution in [-0.4, -0.2) is 37.2 Å². The summed E-state index contributed by atoms with van der Waals surface area (Å²) in [6.07, 6.45) is 61.7. The zero-order valence-electron chi connectivity index (χ0n) is 39.9. The van der Waals surface area contributed by atoms with Gasteiger partial charge in [-0.2, -0.15) is 0 Å². The molecule has 0 spiro atoms. The van der Waals surface area contributed by atoms with Crippen molar-refractivity contribution < 1.29 is 28.6 Å². The highest BCUT2D eigenvalue weighted by molar-refractivity contribution is 5.71. The fraction of sp³-hybridized carbons (Fsp3) is 0.727. The Kier molecular flexibility index (Phi) is 46.9. The molecule has 0 heterocycles. The van der Waals surface area contributed by atoms with E-state index in [2.05, 4.69) is 93.7 Å². The summed E-state index contributed by atoms with van der Waals surface area (Å²) in [6.45, 7) is 6.44. The molecular formula is C55H94O6. The Morgan fingerprint density at radius 3 is 1.08 bits per heavy atom. The van der Waals surface area contributed by atoms with Crippen molar-refractivity contribution in [3.05, 3.63) is 72.9 Å². The number of carbonyl (C=O) groups excluding carboxylic acids is 3. The molecule has 0 aliphatic carbocycles. The molecule has 6 nitrogen and oxygen atoms in total. The molecule has 1 unspecified atom stereocenters. The molecule has 0 aromatic heterocycles. The minimum atomic E-state index is -0.797. The number of carbonyl (C=O) groups is 3. The van der Waals surface area contributed by atoms with Crippen molar-refractivity contribution in [3.63, 3.8) is 0 Å². The Labute approximate surface area is 376 Å². The first-order chi connectivity index (χ1) is 30.0. The lowest BCUT2D eigenvalue weighted by atomic mass is 10.0. The van der Waals surface area contributed by atoms with Gasteiger partial charge in [0.1, 0.15) is 13.2 Å². The summed E-state index contributed by atoms with van der Waals surface area (Å²) >= 11 is 0. The van der Waals surface area contributed by atoms with Crippen LogP contribution in [0.3, 0.4) is 0 Å². The van der Waals surface area contributed by atoms with E-state index in [0.29, 0.717) is 19.3 Å². The highest BCUT2D eigenvalue weighted by Gasteiger charge is 2.19. The van der Waals surface area contributed by atoms with Crippen molar-refractivity contribution in [1.29, 1.82) is 0 Å². The van der Waals surface area contributed by atoms with Crippen LogP contribution in [0.2, 0.25) is 0 Å². The SMILES string of the molecule is CC/C=C\C/C=C\C/C=C\C/C=C\CCCCC(=O)OCC(COC(=O)CCCCCCCCCCCCCCCC)OC(=O)CCCCCCC/C=C\C/C=C\CCCC. The molecule has 0 saturated heterocycles. The molecule has 0 fully saturated rings. The second-order valence-electron chi connectivity index (χ2n) is 16.7. The normalized spacial score (nSPS) is 12.6. The van der Waals surface area contributed by atoms with Gasteiger partial charge in [-0.1, -0.05) is 209 Å². The molecule has 0 radical (unpaired) electrons. The predicted molar refractivity (Wildman–Crippen MR) is 261 cm³/mol. The van der Waals surface area contributed by atoms with Crippen LogP contribution in [0.5, 0.6) is 0 Å². The van der Waals surface area contributed by atoms with Gasteiger partial charge in [0.2, 0.25) is 0 Å². The summed E-state index contributed by atoms with van der Waals surface area (Å²) in [7, 11) is 0. The average molecular weight is 851 g/mol. The van der Waals surface area contributed by atoms with Gasteiger partial charge < -0.3 is 14.2 Å². The lowest BCUT2D eigenvalue weighted by molar-refractivity contribution is -0.167. The highest BCUT2D eigenvalue weighted by atomic mass is 16.6. The van der Waals surface area contributed by atoms with Crippen molar-refractivity contribution >= 4 is 17.9 Å². The molecule has 0 aromatic rings. The first-order valence-corrected chi connectivity index (χ1v) is 25.4. The van der Waals surface area contributed by atoms with E-state index in [4.69, 9.17) is 14.2 Å². The molecular weight excluding hydrogens is 757 g/mol. The first-order valence-electron chi connectivity index (χ1n) is 25.4. The molecule has 0 aliphatic rings. The third kappa shape index (κ3) is 47.7. The number of hydrogen-bond donors (Lipinski definition) is 0. The molecule has 0 aliphatic heterocycles. The zero-order chi connectivity index (χ0) is 44.4. The standard InChI is InChI=1S/C55H94O6/c1-4-7-10-13-16-19-22-25-28-31-33-36-39-42-45-48-54(57)60-51-52(61-55(58)49-46-43-40-37-34-30-27-24-21-18-15-12-9-6-3)50-59-53(56)47-44-41-38-35-32-29-26-23-20-17-14-11-8-5-2/h7,10,15-16,18-19,24-25,27-28,33,36,52H,4-6,8-9,11-14,17,20-23,26,29-32,34-35,37-51H2,1-3H3/b10-7-,18-15-,19-16-,27-24-,28-25-,36-33-. The third-order valence-electron chi connectivity index (χ3n) is 10.7. The molecule has 0 N–H and O–H groups in total. The van der Waals surface area contributed by atoms with Crippen LogP contribution in [0.4, 0.5) is 0 Å². The largest absolute Gasteiger partial charge is 0.462 e. The molecule has 0 rings (SSSR count). The summed E-state index contributed by atoms with van der Waals surface area (Å²) in [6, 6.07) is 0. The van der Waals surface area contributed by atoms with Crippen molar-refractivity contribution in [2.75, 3.05) is 13.2 Å². The highest BCUT2D eigenvalue weighted by Crippen LogP contribution is 2.15. The predicted octanol–water partition coefficient (Wildman–Crippen LogP) is 16.6. The van der Waals surface area contributed by atoms with Gasteiger partial charge in [0, 0.05) is 19.3 Å². The smallest absolute Gasteiger partial charge is 0.306 e. The van der Waals surface area contributed by atoms with Gasteiger partial charge >= 0.3 is 17.9 Å². The number of rotatable bonds is 45. The van der Waals surface area contributed by atoms with E-state index in [-0.39, 0.29) is 31.1 Å². The zero-order valence-corrected chi connectivity index (χ0v) is 39.9. The molecule has 1 atom stereocenters. The van der Waals surface area contributed by atoms with Gasteiger partial charge in [-0.05, 0) is 83.5 Å². The maximum Gasteiger partial charge on any atom is 0.306 e. The van der Waals surface area contributed by atoms with Crippen LogP contribution in [-0.2, 0) is 28.6 Å². The Morgan fingerprint density at radius 2 is 0.656 bits per heavy atom. The number of hydrogen-bond acceptors (Lipinski definition) is 6. The number of ether oxygens (including phenoxy) is 3. The number of allylic oxidation sites excluding steroid dienone is 12. The molecule has 0 amide bonds. The fourth-order valence-electron chi connectivity index (χ4n) is 6.86. The van der Waals surface area contributed by atoms with E-state index in [1.165, 1.54) is 89.9 Å². The maximum atomic E-state index is 12.8. The van der Waals surface area contributed by atoms with Crippen molar-refractivity contribution in [3.8, 4) is 0 Å². The summed E-state index contributed by atoms with van der Waals surface area (Å²) in [5.41, 5.74) is 0. The Balaban J connectivity index is 4.46. The topological polar surface area (TPSA) is 78.9 Å². The van der Waals surface area contributed by atoms with Gasteiger partial charge in [0.15, 0.2) is 6.10 Å². The van der Waals surface area contributed by atoms with Gasteiger partial charge in [-0.3, -0.25) is 14.4 Å². The van der Waals surface area contributed by atoms with Crippen LogP contribution >= 0.6 is 0 Å². The second-order valence-corrected chi connectivity index (χ2v) is 16.7. The molecule has 61 heavy (non-hydrogen) atoms. The number of esters is 3. The minimum Gasteiger partial charge on any atom is -0.462 e. The Hall–Kier alpha value is -3.15. The summed E-state index contributed by atoms with van der Waals surface area (Å²) in [5.74, 6) is -0.949. The molecule has 0 saturated carbocycles. The van der Waals surface area contributed by atoms with E-state index in [1.807, 2.05) is 0 Å². The van der Waals surface area contributed by atoms with Crippen molar-refractivity contribution in [2.24, 2.45) is 0 Å². The van der Waals surface area contributed by atoms with E-state index in [9.17, 15) is 14.4 Å². The fourth-order valence-corrected chi connectivity index (χ4v) is 6.86. The van der Waals surface area contributed by atoms with E-state index < -0.39 is 6.10 Å². The van der Waals surface area contributed by atoms with Crippen LogP contribution in [0.15, 0.2) is 72.9 Å². The van der Waals surface area contributed by atoms with E-state index in [0.717, 1.165) is 109 Å². The molecule has 6 heteroatoms. The molecule has 350 valence electrons. The van der Waals surface area contributed by atoms with E-state index >= 15 is 0 Å². The lowest BCUT2D eigenvalue weighted by Crippen LogP contribution is -2.30. The van der Waals surface area contributed by atoms with Crippen molar-refractivity contribution in [1.82, 2.24) is 0 Å². The monoisotopic (exact) mass is 851 g/mol. The first kappa shape index (κ1) is 57.9. The summed E-state index contributed by atoms with van der Waals surface area (Å²) in [5, 5.41) is 0. The quantitative estimate of drug-likeness (QED) is 0.0263. The molecule has 0 aromatic carbocycles. The third-order valence-corrected chi connectivity index (χ3v) is 10.7. The van der Waals surface area contributed by atoms with Gasteiger partial charge in [-0.25, -0.2) is 0 Å². The van der Waals surface area contributed by atoms with Gasteiger partial charge in [0.05, 0.1) is 0 Å². The summed E-state index contributed by atoms with van der Waals surface area (Å²) in [4.78, 5) is 37.9. The number of unbranched alkanes of at least 4 members (excludes halogenated alkanes) is 22. The Morgan fingerprint density at radius 1 is 0.344 bits per heavy atom. The van der Waals surface area contributed by atoms with Crippen molar-refractivity contribution in [2.45, 2.75) is 245 Å². The lowest BCUT2D eigenvalue weighted by Gasteiger charge is -2.18. The van der Waals surface area contributed by atoms with Crippen LogP contribution in [0.1, 0.15) is 239 Å². The minimum absolute atomic E-state index is 0.0929. The van der Waals surface area contributed by atoms with Crippen LogP contribution in [0.25, 0.3) is 0 Å². The second kappa shape index (κ2) is 49.5. The van der Waals surface area contributed by atoms with E-state index in [1.54, 1.807) is 0 Å². The molecule has 0 bridgehead atoms. The van der Waals surface area contributed by atoms with Gasteiger partial charge in [-0.15, -0.1) is 0 Å².